The Morgan fingerprint density at radius 1 is 1.38 bits per heavy atom. The fourth-order valence-corrected chi connectivity index (χ4v) is 2.38. The van der Waals surface area contributed by atoms with Crippen LogP contribution in [0.25, 0.3) is 0 Å². The third kappa shape index (κ3) is 5.48. The van der Waals surface area contributed by atoms with E-state index in [0.717, 1.165) is 11.3 Å². The minimum absolute atomic E-state index is 0.0481. The summed E-state index contributed by atoms with van der Waals surface area (Å²) in [6, 6.07) is 5.68. The summed E-state index contributed by atoms with van der Waals surface area (Å²) in [6.45, 7) is 12.6. The fraction of sp³-hybridized carbons (Fsp3) is 0.588. The molecule has 0 aliphatic carbocycles. The molecule has 21 heavy (non-hydrogen) atoms. The second-order valence-corrected chi connectivity index (χ2v) is 6.36. The Bertz CT molecular complexity index is 492. The lowest BCUT2D eigenvalue weighted by Gasteiger charge is -2.32. The Kier molecular flexibility index (Phi) is 5.93. The van der Waals surface area contributed by atoms with Crippen LogP contribution in [0, 0.1) is 13.8 Å². The van der Waals surface area contributed by atoms with Crippen molar-refractivity contribution in [2.75, 3.05) is 18.4 Å². The number of likely N-dealkylation sites (N-methyl/N-ethyl adjacent to an activating group) is 1. The van der Waals surface area contributed by atoms with Gasteiger partial charge >= 0.3 is 0 Å². The third-order valence-electron chi connectivity index (χ3n) is 3.56. The van der Waals surface area contributed by atoms with Crippen molar-refractivity contribution in [2.45, 2.75) is 53.2 Å². The topological polar surface area (TPSA) is 52.6 Å². The molecule has 0 saturated carbocycles. The summed E-state index contributed by atoms with van der Waals surface area (Å²) in [6.07, 6.45) is 0. The number of carbonyl (C=O) groups is 1. The molecule has 4 heteroatoms. The second kappa shape index (κ2) is 7.05. The highest BCUT2D eigenvalue weighted by atomic mass is 16.3. The van der Waals surface area contributed by atoms with E-state index < -0.39 is 5.60 Å². The number of rotatable bonds is 6. The molecule has 2 N–H and O–H groups in total. The predicted octanol–water partition coefficient (Wildman–Crippen LogP) is 2.72. The van der Waals surface area contributed by atoms with Crippen LogP contribution in [0.2, 0.25) is 0 Å². The molecular weight excluding hydrogens is 264 g/mol. The number of carbonyl (C=O) groups excluding carboxylic acids is 1. The van der Waals surface area contributed by atoms with E-state index in [1.54, 1.807) is 13.8 Å². The standard InChI is InChI=1S/C17H28N2O2/c1-7-19(11-17(5,6)21)14(4)16(20)18-15-9-8-12(2)10-13(15)3/h8-10,14,21H,7,11H2,1-6H3,(H,18,20). The van der Waals surface area contributed by atoms with Gasteiger partial charge in [-0.25, -0.2) is 0 Å². The van der Waals surface area contributed by atoms with Crippen molar-refractivity contribution in [1.82, 2.24) is 4.90 Å². The first-order valence-electron chi connectivity index (χ1n) is 7.48. The van der Waals surface area contributed by atoms with Crippen LogP contribution in [0.15, 0.2) is 18.2 Å². The lowest BCUT2D eigenvalue weighted by atomic mass is 10.1. The average molecular weight is 292 g/mol. The van der Waals surface area contributed by atoms with Crippen molar-refractivity contribution in [3.05, 3.63) is 29.3 Å². The van der Waals surface area contributed by atoms with Gasteiger partial charge in [-0.05, 0) is 52.8 Å². The number of nitrogens with zero attached hydrogens (tertiary/aromatic N) is 1. The zero-order valence-electron chi connectivity index (χ0n) is 14.0. The molecule has 0 radical (unpaired) electrons. The molecule has 4 nitrogen and oxygen atoms in total. The van der Waals surface area contributed by atoms with Gasteiger partial charge in [0.25, 0.3) is 0 Å². The average Bonchev–Trinajstić information content (AvgIpc) is 2.37. The van der Waals surface area contributed by atoms with Crippen LogP contribution in [-0.2, 0) is 4.79 Å². The molecule has 0 bridgehead atoms. The van der Waals surface area contributed by atoms with Gasteiger partial charge in [0, 0.05) is 12.2 Å². The Balaban J connectivity index is 2.77. The summed E-state index contributed by atoms with van der Waals surface area (Å²) in [7, 11) is 0. The quantitative estimate of drug-likeness (QED) is 0.847. The zero-order valence-corrected chi connectivity index (χ0v) is 14.0. The summed E-state index contributed by atoms with van der Waals surface area (Å²) in [5.41, 5.74) is 2.26. The minimum atomic E-state index is -0.815. The first-order valence-corrected chi connectivity index (χ1v) is 7.48. The highest BCUT2D eigenvalue weighted by Crippen LogP contribution is 2.17. The third-order valence-corrected chi connectivity index (χ3v) is 3.56. The largest absolute Gasteiger partial charge is 0.389 e. The lowest BCUT2D eigenvalue weighted by molar-refractivity contribution is -0.121. The van der Waals surface area contributed by atoms with Crippen LogP contribution in [0.4, 0.5) is 5.69 Å². The van der Waals surface area contributed by atoms with E-state index in [1.165, 1.54) is 5.56 Å². The van der Waals surface area contributed by atoms with E-state index in [0.29, 0.717) is 13.1 Å². The number of nitrogens with one attached hydrogen (secondary N) is 1. The first kappa shape index (κ1) is 17.7. The number of aryl methyl sites for hydroxylation is 2. The molecule has 0 heterocycles. The summed E-state index contributed by atoms with van der Waals surface area (Å²) < 4.78 is 0. The van der Waals surface area contributed by atoms with Crippen LogP contribution in [0.5, 0.6) is 0 Å². The molecule has 0 aromatic heterocycles. The normalized spacial score (nSPS) is 13.3. The molecule has 0 saturated heterocycles. The smallest absolute Gasteiger partial charge is 0.241 e. The molecule has 1 amide bonds. The maximum atomic E-state index is 12.4. The van der Waals surface area contributed by atoms with E-state index >= 15 is 0 Å². The lowest BCUT2D eigenvalue weighted by Crippen LogP contribution is -2.48. The zero-order chi connectivity index (χ0) is 16.2. The van der Waals surface area contributed by atoms with Crippen molar-refractivity contribution >= 4 is 11.6 Å². The van der Waals surface area contributed by atoms with Crippen LogP contribution < -0.4 is 5.32 Å². The van der Waals surface area contributed by atoms with Crippen LogP contribution >= 0.6 is 0 Å². The number of hydrogen-bond donors (Lipinski definition) is 2. The van der Waals surface area contributed by atoms with Crippen molar-refractivity contribution in [1.29, 1.82) is 0 Å². The van der Waals surface area contributed by atoms with Gasteiger partial charge in [-0.1, -0.05) is 24.6 Å². The van der Waals surface area contributed by atoms with Crippen molar-refractivity contribution < 1.29 is 9.90 Å². The summed E-state index contributed by atoms with van der Waals surface area (Å²) in [5, 5.41) is 12.9. The maximum absolute atomic E-state index is 12.4. The Morgan fingerprint density at radius 3 is 2.48 bits per heavy atom. The van der Waals surface area contributed by atoms with Gasteiger partial charge in [-0.3, -0.25) is 9.69 Å². The molecule has 0 fully saturated rings. The van der Waals surface area contributed by atoms with E-state index in [1.807, 2.05) is 44.7 Å². The van der Waals surface area contributed by atoms with Crippen molar-refractivity contribution in [3.63, 3.8) is 0 Å². The highest BCUT2D eigenvalue weighted by molar-refractivity contribution is 5.95. The molecule has 1 unspecified atom stereocenters. The van der Waals surface area contributed by atoms with Gasteiger partial charge in [0.15, 0.2) is 0 Å². The van der Waals surface area contributed by atoms with Gasteiger partial charge in [0.2, 0.25) is 5.91 Å². The molecule has 1 atom stereocenters. The Hall–Kier alpha value is -1.39. The van der Waals surface area contributed by atoms with Crippen LogP contribution in [0.1, 0.15) is 38.8 Å². The van der Waals surface area contributed by atoms with Gasteiger partial charge in [0.1, 0.15) is 0 Å². The SMILES string of the molecule is CCN(CC(C)(C)O)C(C)C(=O)Nc1ccc(C)cc1C. The molecule has 0 aliphatic heterocycles. The fourth-order valence-electron chi connectivity index (χ4n) is 2.38. The summed E-state index contributed by atoms with van der Waals surface area (Å²) in [4.78, 5) is 14.4. The van der Waals surface area contributed by atoms with Crippen molar-refractivity contribution in [2.24, 2.45) is 0 Å². The number of benzene rings is 1. The van der Waals surface area contributed by atoms with E-state index in [-0.39, 0.29) is 11.9 Å². The number of anilines is 1. The molecular formula is C17H28N2O2. The maximum Gasteiger partial charge on any atom is 0.241 e. The highest BCUT2D eigenvalue weighted by Gasteiger charge is 2.25. The van der Waals surface area contributed by atoms with Crippen LogP contribution in [0.3, 0.4) is 0 Å². The molecule has 1 aromatic rings. The van der Waals surface area contributed by atoms with E-state index in [9.17, 15) is 9.90 Å². The molecule has 118 valence electrons. The van der Waals surface area contributed by atoms with Crippen molar-refractivity contribution in [3.8, 4) is 0 Å². The van der Waals surface area contributed by atoms with Crippen LogP contribution in [-0.4, -0.2) is 40.6 Å². The summed E-state index contributed by atoms with van der Waals surface area (Å²) >= 11 is 0. The Labute approximate surface area is 128 Å². The van der Waals surface area contributed by atoms with Gasteiger partial charge < -0.3 is 10.4 Å². The number of hydrogen-bond acceptors (Lipinski definition) is 3. The molecule has 0 aliphatic rings. The van der Waals surface area contributed by atoms with E-state index in [2.05, 4.69) is 11.4 Å². The van der Waals surface area contributed by atoms with Gasteiger partial charge in [0.05, 0.1) is 11.6 Å². The van der Waals surface area contributed by atoms with Gasteiger partial charge in [-0.15, -0.1) is 0 Å². The summed E-state index contributed by atoms with van der Waals surface area (Å²) in [5.74, 6) is -0.0481. The first-order chi connectivity index (χ1) is 9.64. The van der Waals surface area contributed by atoms with Gasteiger partial charge in [-0.2, -0.15) is 0 Å². The predicted molar refractivity (Wildman–Crippen MR) is 87.6 cm³/mol. The minimum Gasteiger partial charge on any atom is -0.389 e. The van der Waals surface area contributed by atoms with E-state index in [4.69, 9.17) is 0 Å². The number of amides is 1. The second-order valence-electron chi connectivity index (χ2n) is 6.36. The Morgan fingerprint density at radius 2 is 2.00 bits per heavy atom. The molecule has 1 aromatic carbocycles. The molecule has 0 spiro atoms. The number of aliphatic hydroxyl groups is 1. The molecule has 1 rings (SSSR count). The monoisotopic (exact) mass is 292 g/mol.